The molecule has 2 rings (SSSR count). The van der Waals surface area contributed by atoms with E-state index in [4.69, 9.17) is 4.74 Å². The van der Waals surface area contributed by atoms with Crippen molar-refractivity contribution in [3.63, 3.8) is 0 Å². The van der Waals surface area contributed by atoms with Gasteiger partial charge in [-0.15, -0.1) is 0 Å². The number of nitro benzene ring substituents is 1. The van der Waals surface area contributed by atoms with Gasteiger partial charge in [0.15, 0.2) is 6.29 Å². The van der Waals surface area contributed by atoms with Gasteiger partial charge in [0.25, 0.3) is 5.69 Å². The number of nitrogens with zero attached hydrogens (tertiary/aromatic N) is 1. The normalized spacial score (nSPS) is 12.6. The van der Waals surface area contributed by atoms with Crippen molar-refractivity contribution in [2.75, 3.05) is 6.54 Å². The topological polar surface area (TPSA) is 139 Å². The van der Waals surface area contributed by atoms with Gasteiger partial charge in [-0.05, 0) is 23.6 Å². The SMILES string of the molecule is O=Cc1ccc(C(O)C(O)CCNC(=O)OCc2ccccc2)cc1[N+](=O)[O-]. The molecule has 1 amide bonds. The van der Waals surface area contributed by atoms with E-state index in [-0.39, 0.29) is 30.7 Å². The van der Waals surface area contributed by atoms with Crippen LogP contribution in [0, 0.1) is 10.1 Å². The fourth-order valence-corrected chi connectivity index (χ4v) is 2.48. The van der Waals surface area contributed by atoms with Crippen LogP contribution in [-0.4, -0.2) is 40.2 Å². The van der Waals surface area contributed by atoms with E-state index in [0.717, 1.165) is 11.6 Å². The molecule has 0 heterocycles. The van der Waals surface area contributed by atoms with Crippen LogP contribution in [0.2, 0.25) is 0 Å². The van der Waals surface area contributed by atoms with E-state index in [9.17, 15) is 29.9 Å². The van der Waals surface area contributed by atoms with Crippen molar-refractivity contribution in [1.82, 2.24) is 5.32 Å². The lowest BCUT2D eigenvalue weighted by molar-refractivity contribution is -0.385. The Bertz CT molecular complexity index is 826. The lowest BCUT2D eigenvalue weighted by Crippen LogP contribution is -2.29. The number of aliphatic hydroxyl groups excluding tert-OH is 2. The molecule has 0 bridgehead atoms. The Hall–Kier alpha value is -3.30. The van der Waals surface area contributed by atoms with Crippen LogP contribution in [0.1, 0.15) is 34.0 Å². The molecule has 0 saturated carbocycles. The summed E-state index contributed by atoms with van der Waals surface area (Å²) in [6.45, 7) is 0.130. The van der Waals surface area contributed by atoms with Crippen molar-refractivity contribution in [2.24, 2.45) is 0 Å². The van der Waals surface area contributed by atoms with Gasteiger partial charge in [0.1, 0.15) is 12.7 Å². The average Bonchev–Trinajstić information content (AvgIpc) is 2.71. The van der Waals surface area contributed by atoms with Crippen molar-refractivity contribution in [3.8, 4) is 0 Å². The number of nitrogens with one attached hydrogen (secondary N) is 1. The summed E-state index contributed by atoms with van der Waals surface area (Å²) in [5.41, 5.74) is 0.338. The highest BCUT2D eigenvalue weighted by Gasteiger charge is 2.22. The van der Waals surface area contributed by atoms with E-state index in [2.05, 4.69) is 5.32 Å². The van der Waals surface area contributed by atoms with E-state index >= 15 is 0 Å². The number of ether oxygens (including phenoxy) is 1. The molecule has 0 radical (unpaired) electrons. The summed E-state index contributed by atoms with van der Waals surface area (Å²) in [5.74, 6) is 0. The van der Waals surface area contributed by atoms with Crippen LogP contribution in [0.5, 0.6) is 0 Å². The number of nitro groups is 1. The number of amides is 1. The standard InChI is InChI=1S/C19H20N2O7/c22-11-15-7-6-14(10-16(15)21(26)27)18(24)17(23)8-9-20-19(25)28-12-13-4-2-1-3-5-13/h1-7,10-11,17-18,23-24H,8-9,12H2,(H,20,25). The largest absolute Gasteiger partial charge is 0.445 e. The molecule has 0 aliphatic carbocycles. The first kappa shape index (κ1) is 21.0. The highest BCUT2D eigenvalue weighted by Crippen LogP contribution is 2.25. The quantitative estimate of drug-likeness (QED) is 0.340. The summed E-state index contributed by atoms with van der Waals surface area (Å²) < 4.78 is 5.02. The Morgan fingerprint density at radius 2 is 1.93 bits per heavy atom. The number of alkyl carbamates (subject to hydrolysis) is 1. The Kier molecular flexibility index (Phi) is 7.61. The van der Waals surface area contributed by atoms with E-state index in [1.165, 1.54) is 12.1 Å². The number of benzene rings is 2. The first-order chi connectivity index (χ1) is 13.4. The second-order valence-corrected chi connectivity index (χ2v) is 5.98. The summed E-state index contributed by atoms with van der Waals surface area (Å²) in [5, 5.41) is 33.7. The maximum absolute atomic E-state index is 11.6. The maximum Gasteiger partial charge on any atom is 0.407 e. The zero-order valence-corrected chi connectivity index (χ0v) is 14.9. The molecule has 9 heteroatoms. The monoisotopic (exact) mass is 388 g/mol. The molecule has 0 saturated heterocycles. The molecule has 2 unspecified atom stereocenters. The van der Waals surface area contributed by atoms with Gasteiger partial charge < -0.3 is 20.3 Å². The average molecular weight is 388 g/mol. The number of hydrogen-bond acceptors (Lipinski definition) is 7. The summed E-state index contributed by atoms with van der Waals surface area (Å²) in [6.07, 6.45) is -3.03. The van der Waals surface area contributed by atoms with E-state index in [1.54, 1.807) is 0 Å². The Labute approximate surface area is 160 Å². The highest BCUT2D eigenvalue weighted by molar-refractivity contribution is 5.81. The molecule has 2 atom stereocenters. The van der Waals surface area contributed by atoms with Crippen LogP contribution < -0.4 is 5.32 Å². The molecule has 2 aromatic rings. The molecule has 3 N–H and O–H groups in total. The van der Waals surface area contributed by atoms with Gasteiger partial charge in [0.2, 0.25) is 0 Å². The Morgan fingerprint density at radius 3 is 2.57 bits per heavy atom. The van der Waals surface area contributed by atoms with Gasteiger partial charge in [-0.25, -0.2) is 4.79 Å². The van der Waals surface area contributed by atoms with Crippen molar-refractivity contribution in [3.05, 3.63) is 75.3 Å². The van der Waals surface area contributed by atoms with Crippen molar-refractivity contribution in [2.45, 2.75) is 25.2 Å². The fraction of sp³-hybridized carbons (Fsp3) is 0.263. The van der Waals surface area contributed by atoms with Crippen LogP contribution in [0.15, 0.2) is 48.5 Å². The molecule has 0 aromatic heterocycles. The minimum Gasteiger partial charge on any atom is -0.445 e. The van der Waals surface area contributed by atoms with Crippen LogP contribution in [0.4, 0.5) is 10.5 Å². The van der Waals surface area contributed by atoms with Crippen LogP contribution in [-0.2, 0) is 11.3 Å². The molecular weight excluding hydrogens is 368 g/mol. The number of rotatable bonds is 9. The first-order valence-electron chi connectivity index (χ1n) is 8.46. The summed E-state index contributed by atoms with van der Waals surface area (Å²) in [7, 11) is 0. The number of aldehydes is 1. The van der Waals surface area contributed by atoms with Crippen molar-refractivity contribution >= 4 is 18.1 Å². The lowest BCUT2D eigenvalue weighted by atomic mass is 10.00. The third-order valence-electron chi connectivity index (χ3n) is 4.01. The summed E-state index contributed by atoms with van der Waals surface area (Å²) in [4.78, 5) is 32.7. The van der Waals surface area contributed by atoms with E-state index in [0.29, 0.717) is 6.29 Å². The molecular formula is C19H20N2O7. The number of aliphatic hydroxyl groups is 2. The minimum atomic E-state index is -1.42. The minimum absolute atomic E-state index is 0.00909. The predicted molar refractivity (Wildman–Crippen MR) is 98.7 cm³/mol. The molecule has 0 fully saturated rings. The zero-order valence-electron chi connectivity index (χ0n) is 14.9. The van der Waals surface area contributed by atoms with Gasteiger partial charge in [0.05, 0.1) is 16.6 Å². The summed E-state index contributed by atoms with van der Waals surface area (Å²) in [6, 6.07) is 12.7. The van der Waals surface area contributed by atoms with Gasteiger partial charge in [0, 0.05) is 12.6 Å². The third kappa shape index (κ3) is 5.86. The van der Waals surface area contributed by atoms with Gasteiger partial charge in [-0.1, -0.05) is 36.4 Å². The van der Waals surface area contributed by atoms with Gasteiger partial charge in [-0.2, -0.15) is 0 Å². The maximum atomic E-state index is 11.6. The third-order valence-corrected chi connectivity index (χ3v) is 4.01. The van der Waals surface area contributed by atoms with Gasteiger partial charge >= 0.3 is 6.09 Å². The molecule has 0 aliphatic heterocycles. The zero-order chi connectivity index (χ0) is 20.5. The van der Waals surface area contributed by atoms with E-state index < -0.39 is 28.9 Å². The predicted octanol–water partition coefficient (Wildman–Crippen LogP) is 2.12. The highest BCUT2D eigenvalue weighted by atomic mass is 16.6. The number of carbonyl (C=O) groups excluding carboxylic acids is 2. The number of carbonyl (C=O) groups is 2. The molecule has 0 spiro atoms. The van der Waals surface area contributed by atoms with Crippen LogP contribution in [0.25, 0.3) is 0 Å². The van der Waals surface area contributed by atoms with Gasteiger partial charge in [-0.3, -0.25) is 14.9 Å². The first-order valence-corrected chi connectivity index (χ1v) is 8.46. The molecule has 0 aliphatic rings. The van der Waals surface area contributed by atoms with Crippen LogP contribution in [0.3, 0.4) is 0 Å². The van der Waals surface area contributed by atoms with Crippen molar-refractivity contribution < 1.29 is 29.5 Å². The van der Waals surface area contributed by atoms with Crippen molar-refractivity contribution in [1.29, 1.82) is 0 Å². The molecule has 28 heavy (non-hydrogen) atoms. The molecule has 2 aromatic carbocycles. The lowest BCUT2D eigenvalue weighted by Gasteiger charge is -2.18. The Morgan fingerprint density at radius 1 is 1.21 bits per heavy atom. The van der Waals surface area contributed by atoms with Crippen LogP contribution >= 0.6 is 0 Å². The Balaban J connectivity index is 1.83. The second kappa shape index (κ2) is 10.1. The second-order valence-electron chi connectivity index (χ2n) is 5.98. The molecule has 148 valence electrons. The summed E-state index contributed by atoms with van der Waals surface area (Å²) >= 11 is 0. The fourth-order valence-electron chi connectivity index (χ4n) is 2.48. The smallest absolute Gasteiger partial charge is 0.407 e. The number of hydrogen-bond donors (Lipinski definition) is 3. The van der Waals surface area contributed by atoms with E-state index in [1.807, 2.05) is 30.3 Å². The molecule has 9 nitrogen and oxygen atoms in total.